The Balaban J connectivity index is 0.903. The van der Waals surface area contributed by atoms with E-state index in [0.717, 1.165) is 20.8 Å². The highest BCUT2D eigenvalue weighted by Crippen LogP contribution is 2.44. The van der Waals surface area contributed by atoms with E-state index in [9.17, 15) is 187 Å². The van der Waals surface area contributed by atoms with Crippen molar-refractivity contribution >= 4 is 29.7 Å². The number of hydrogen-bond acceptors (Lipinski definition) is 55. The lowest BCUT2D eigenvalue weighted by Gasteiger charge is -2.51. The first-order chi connectivity index (χ1) is 62.2. The number of nitrogens with one attached hydrogen (secondary N) is 3. The smallest absolute Gasteiger partial charge is 0.364 e. The Kier molecular flexibility index (Phi) is 38.6. The van der Waals surface area contributed by atoms with E-state index in [1.165, 1.54) is 0 Å². The second kappa shape index (κ2) is 46.6. The van der Waals surface area contributed by atoms with Crippen LogP contribution < -0.4 is 21.7 Å². The van der Waals surface area contributed by atoms with Crippen molar-refractivity contribution in [1.29, 1.82) is 0 Å². The van der Waals surface area contributed by atoms with Gasteiger partial charge in [0.1, 0.15) is 226 Å². The Hall–Kier alpha value is -4.65. The van der Waals surface area contributed by atoms with Crippen LogP contribution >= 0.6 is 0 Å². The van der Waals surface area contributed by atoms with Crippen molar-refractivity contribution in [3.63, 3.8) is 0 Å². The SMILES string of the molecule is CC(=O)N[C@H]1[C@H](O[C@@H]2[C@@H](O)[C@H](O)O[C@H](CO)[C@@H]2O)O[C@H](CO[C@@H]2O[C@H](CO)[C@@H](O[C@@H]3O[C@H](CO)[C@H](O)[C@H](O[C@@H]4O[C@H](CO[C@@H]5O[C@H](CO)[C@@H](O)[C@H](O)[C@H]5O)[C@@H](O[C@@H]5O[C@H](CO)[C@H](O)[C@H](O[C@]6(C(=O)O)C[C@H](O)[C@@H](NC(C)=O)[C@H]([C@H](O)[C@H](O)CO)O6)[C@H]5O)[C@H](O)[C@H]4N)[C@H]3O)[C@H](O)[C@H]2O)[C@@H](O[C@@H]2O[C@H](CO)[C@H](O)[C@H](O[C@]3(C(=O)O)C[C@H](O)[C@@H](NC(C)=O)[C@H]([C@H](O)[C@H](O)CO)O3)[C@H]2O)[C@@H]1O. The highest BCUT2D eigenvalue weighted by Gasteiger charge is 2.65. The van der Waals surface area contributed by atoms with Crippen LogP contribution in [0, 0.1) is 0 Å². The van der Waals surface area contributed by atoms with E-state index in [0.29, 0.717) is 0 Å². The molecule has 10 aliphatic heterocycles. The summed E-state index contributed by atoms with van der Waals surface area (Å²) < 4.78 is 110. The van der Waals surface area contributed by atoms with Gasteiger partial charge in [-0.25, -0.2) is 9.59 Å². The predicted molar refractivity (Wildman–Crippen MR) is 401 cm³/mol. The molecule has 10 saturated heterocycles. The first-order valence-corrected chi connectivity index (χ1v) is 41.5. The molecule has 52 atom stereocenters. The zero-order valence-corrected chi connectivity index (χ0v) is 70.0. The summed E-state index contributed by atoms with van der Waals surface area (Å²) in [6, 6.07) is -7.74. The maximum atomic E-state index is 13.4. The Morgan fingerprint density at radius 2 is 0.644 bits per heavy atom. The molecular weight excluding hydrogens is 1820 g/mol. The Labute approximate surface area is 744 Å². The summed E-state index contributed by atoms with van der Waals surface area (Å²) in [7, 11) is 0. The quantitative estimate of drug-likeness (QED) is 0.0275. The van der Waals surface area contributed by atoms with E-state index in [-0.39, 0.29) is 0 Å². The molecule has 60 heteroatoms. The molecule has 10 aliphatic rings. The average Bonchev–Trinajstić information content (AvgIpc) is 0.748. The molecule has 0 aromatic carbocycles. The molecule has 764 valence electrons. The summed E-state index contributed by atoms with van der Waals surface area (Å²) in [5.41, 5.74) is 6.58. The third-order valence-corrected chi connectivity index (χ3v) is 24.1. The molecule has 0 radical (unpaired) electrons. The molecule has 0 unspecified atom stereocenters. The molecule has 37 N–H and O–H groups in total. The Morgan fingerprint density at radius 3 is 1.04 bits per heavy atom. The lowest BCUT2D eigenvalue weighted by Crippen LogP contribution is -2.71. The van der Waals surface area contributed by atoms with Crippen LogP contribution in [0.5, 0.6) is 0 Å². The van der Waals surface area contributed by atoms with Gasteiger partial charge in [-0.2, -0.15) is 0 Å². The molecule has 10 fully saturated rings. The minimum absolute atomic E-state index is 0.876. The fourth-order valence-electron chi connectivity index (χ4n) is 16.9. The second-order valence-electron chi connectivity index (χ2n) is 33.2. The number of carboxylic acids is 2. The lowest BCUT2D eigenvalue weighted by molar-refractivity contribution is -0.394. The van der Waals surface area contributed by atoms with E-state index in [1.54, 1.807) is 0 Å². The van der Waals surface area contributed by atoms with Gasteiger partial charge in [0, 0.05) is 33.6 Å². The van der Waals surface area contributed by atoms with Gasteiger partial charge < -0.3 is 275 Å². The number of nitrogens with two attached hydrogens (primary N) is 1. The van der Waals surface area contributed by atoms with Gasteiger partial charge in [0.25, 0.3) is 11.6 Å². The largest absolute Gasteiger partial charge is 0.477 e. The molecule has 60 nitrogen and oxygen atoms in total. The van der Waals surface area contributed by atoms with Crippen LogP contribution in [0.15, 0.2) is 0 Å². The number of rotatable bonds is 37. The molecule has 0 spiro atoms. The van der Waals surface area contributed by atoms with E-state index in [4.69, 9.17) is 95.7 Å². The number of carboxylic acid groups (broad SMARTS) is 2. The number of carbonyl (C=O) groups is 5. The number of hydrogen-bond donors (Lipinski definition) is 36. The van der Waals surface area contributed by atoms with Crippen LogP contribution in [-0.4, -0.2) is 577 Å². The Bertz CT molecular complexity index is 3660. The molecule has 3 amide bonds. The van der Waals surface area contributed by atoms with Crippen LogP contribution in [0.25, 0.3) is 0 Å². The van der Waals surface area contributed by atoms with Crippen molar-refractivity contribution in [1.82, 2.24) is 16.0 Å². The Morgan fingerprint density at radius 1 is 0.333 bits per heavy atom. The highest BCUT2D eigenvalue weighted by molar-refractivity contribution is 5.77. The van der Waals surface area contributed by atoms with Crippen molar-refractivity contribution in [3.8, 4) is 0 Å². The van der Waals surface area contributed by atoms with Gasteiger partial charge in [0.2, 0.25) is 17.7 Å². The number of carbonyl (C=O) groups excluding carboxylic acids is 3. The summed E-state index contributed by atoms with van der Waals surface area (Å²) >= 11 is 0. The summed E-state index contributed by atoms with van der Waals surface area (Å²) in [4.78, 5) is 64.3. The predicted octanol–water partition coefficient (Wildman–Crippen LogP) is -24.0. The third-order valence-electron chi connectivity index (χ3n) is 24.1. The first kappa shape index (κ1) is 109. The maximum absolute atomic E-state index is 13.4. The maximum Gasteiger partial charge on any atom is 0.364 e. The van der Waals surface area contributed by atoms with Gasteiger partial charge in [-0.15, -0.1) is 0 Å². The molecule has 10 heterocycles. The lowest BCUT2D eigenvalue weighted by atomic mass is 9.88. The van der Waals surface area contributed by atoms with Crippen molar-refractivity contribution in [2.75, 3.05) is 66.1 Å². The molecule has 0 aromatic heterocycles. The van der Waals surface area contributed by atoms with Gasteiger partial charge in [-0.3, -0.25) is 14.4 Å². The normalized spacial score (nSPS) is 47.8. The zero-order valence-electron chi connectivity index (χ0n) is 70.0. The van der Waals surface area contributed by atoms with Crippen LogP contribution in [-0.2, 0) is 114 Å². The molecule has 0 aromatic rings. The molecule has 132 heavy (non-hydrogen) atoms. The van der Waals surface area contributed by atoms with Gasteiger partial charge in [0.15, 0.2) is 50.3 Å². The summed E-state index contributed by atoms with van der Waals surface area (Å²) in [6.45, 7) is -9.24. The van der Waals surface area contributed by atoms with E-state index in [1.807, 2.05) is 0 Å². The zero-order chi connectivity index (χ0) is 97.8. The topological polar surface area (TPSA) is 970 Å². The number of aliphatic hydroxyl groups is 30. The fourth-order valence-corrected chi connectivity index (χ4v) is 16.9. The summed E-state index contributed by atoms with van der Waals surface area (Å²) in [5.74, 6) is -13.9. The number of amides is 3. The van der Waals surface area contributed by atoms with Gasteiger partial charge in [-0.1, -0.05) is 0 Å². The van der Waals surface area contributed by atoms with Crippen LogP contribution in [0.2, 0.25) is 0 Å². The van der Waals surface area contributed by atoms with E-state index >= 15 is 0 Å². The molecule has 0 saturated carbocycles. The standard InChI is InChI=1S/C72H120N4O56/c1-16(85)74-32-19(88)4-71(69(110)111,129-55(32)35(92)21(90)6-77)131-59-40(97)26(11-82)119-67(50(59)107)125-53-29(14-114-64-46(103)44(101)37(94)23(8-79)117-64)122-62(31(73)42(53)99)127-58-39(96)25(10-81)118-66(49(58)106)124-52-28(13-84)121-65(47(104)45(52)102)115-15-30-54(43(100)34(76-18(3)87)63(123-30)128-57-38(95)24(9-80)116-61(109)48(57)105)126-68-51(108)60(41(98)27(12-83)120-68)132-72(70(112)113)5-20(89)33(75-17(2)86)56(130-72)36(93)22(91)7-78/h19-68,77-84,88-109H,4-15,73H2,1-3H3,(H,74,85)(H,75,86)(H,76,87)(H,110,111)(H,112,113)/t19-,20-,21+,22+,23+,24+,25+,26+,27+,28+,29+,30+,31+,32+,33+,34+,35+,36+,37+,38-,39-,40-,41-,42+,43+,44-,45+,46+,47+,48+,49+,50+,51+,52+,53+,54+,55+,56+,57-,58-,59-,60-,61+,62-,63-,64+,65+,66-,67-,68-,71-,72-/m0/s1. The van der Waals surface area contributed by atoms with Crippen molar-refractivity contribution in [2.24, 2.45) is 5.73 Å². The fraction of sp³-hybridized carbons (Fsp3) is 0.931. The molecule has 10 rings (SSSR count). The van der Waals surface area contributed by atoms with Crippen molar-refractivity contribution < 1.29 is 277 Å². The van der Waals surface area contributed by atoms with Crippen molar-refractivity contribution in [3.05, 3.63) is 0 Å². The molecule has 0 bridgehead atoms. The number of aliphatic carboxylic acids is 2. The molecular formula is C72H120N4O56. The summed E-state index contributed by atoms with van der Waals surface area (Å²) in [5, 5.41) is 362. The van der Waals surface area contributed by atoms with E-state index < -0.39 is 427 Å². The van der Waals surface area contributed by atoms with Gasteiger partial charge >= 0.3 is 11.9 Å². The second-order valence-corrected chi connectivity index (χ2v) is 33.2. The minimum Gasteiger partial charge on any atom is -0.477 e. The minimum atomic E-state index is -3.37. The first-order valence-electron chi connectivity index (χ1n) is 41.5. The summed E-state index contributed by atoms with van der Waals surface area (Å²) in [6.07, 6.45) is -106. The highest BCUT2D eigenvalue weighted by atomic mass is 16.8. The van der Waals surface area contributed by atoms with E-state index in [2.05, 4.69) is 16.0 Å². The number of aliphatic hydroxyl groups excluding tert-OH is 30. The van der Waals surface area contributed by atoms with Gasteiger partial charge in [-0.05, 0) is 0 Å². The van der Waals surface area contributed by atoms with Gasteiger partial charge in [0.05, 0.1) is 96.4 Å². The third kappa shape index (κ3) is 23.5. The average molecular weight is 1940 g/mol. The number of ether oxygens (including phenoxy) is 19. The van der Waals surface area contributed by atoms with Crippen LogP contribution in [0.4, 0.5) is 0 Å². The monoisotopic (exact) mass is 1940 g/mol. The van der Waals surface area contributed by atoms with Crippen molar-refractivity contribution in [2.45, 2.75) is 352 Å². The molecule has 0 aliphatic carbocycles. The van der Waals surface area contributed by atoms with Crippen LogP contribution in [0.3, 0.4) is 0 Å². The van der Waals surface area contributed by atoms with Crippen LogP contribution in [0.1, 0.15) is 33.6 Å².